The third kappa shape index (κ3) is 3.02. The van der Waals surface area contributed by atoms with Gasteiger partial charge in [-0.3, -0.25) is 0 Å². The van der Waals surface area contributed by atoms with Gasteiger partial charge in [0.1, 0.15) is 6.61 Å². The summed E-state index contributed by atoms with van der Waals surface area (Å²) in [6, 6.07) is 4.29. The highest BCUT2D eigenvalue weighted by molar-refractivity contribution is 5.90. The summed E-state index contributed by atoms with van der Waals surface area (Å²) in [5.74, 6) is -0.250. The highest BCUT2D eigenvalue weighted by atomic mass is 16.5. The van der Waals surface area contributed by atoms with Gasteiger partial charge >= 0.3 is 5.97 Å². The Morgan fingerprint density at radius 3 is 2.75 bits per heavy atom. The van der Waals surface area contributed by atoms with Crippen LogP contribution in [0.25, 0.3) is 0 Å². The second kappa shape index (κ2) is 5.21. The molecule has 0 aliphatic rings. The number of aromatic hydroxyl groups is 1. The minimum atomic E-state index is -0.472. The lowest BCUT2D eigenvalue weighted by molar-refractivity contribution is 0.0600. The molecule has 1 N–H and O–H groups in total. The first-order valence-electron chi connectivity index (χ1n) is 4.73. The van der Waals surface area contributed by atoms with Crippen molar-refractivity contribution in [1.29, 1.82) is 0 Å². The number of carbonyl (C=O) groups is 1. The highest BCUT2D eigenvalue weighted by Crippen LogP contribution is 2.27. The zero-order valence-corrected chi connectivity index (χ0v) is 9.32. The first kappa shape index (κ1) is 12.1. The summed E-state index contributed by atoms with van der Waals surface area (Å²) in [4.78, 5) is 11.2. The fourth-order valence-electron chi connectivity index (χ4n) is 1.08. The maximum Gasteiger partial charge on any atom is 0.337 e. The Bertz CT molecular complexity index is 409. The van der Waals surface area contributed by atoms with Gasteiger partial charge in [-0.25, -0.2) is 4.79 Å². The van der Waals surface area contributed by atoms with E-state index in [0.717, 1.165) is 5.57 Å². The lowest BCUT2D eigenvalue weighted by Crippen LogP contribution is -2.03. The van der Waals surface area contributed by atoms with Crippen molar-refractivity contribution in [2.24, 2.45) is 0 Å². The van der Waals surface area contributed by atoms with Gasteiger partial charge in [-0.15, -0.1) is 0 Å². The van der Waals surface area contributed by atoms with Gasteiger partial charge in [0.05, 0.1) is 12.7 Å². The third-order valence-electron chi connectivity index (χ3n) is 1.85. The van der Waals surface area contributed by atoms with E-state index < -0.39 is 5.97 Å². The molecule has 0 aromatic heterocycles. The zero-order chi connectivity index (χ0) is 12.1. The number of phenolic OH excluding ortho intramolecular Hbond substituents is 1. The monoisotopic (exact) mass is 222 g/mol. The number of methoxy groups -OCH3 is 1. The van der Waals surface area contributed by atoms with Gasteiger partial charge < -0.3 is 14.6 Å². The minimum absolute atomic E-state index is 0.0195. The molecule has 0 atom stereocenters. The van der Waals surface area contributed by atoms with Gasteiger partial charge in [-0.05, 0) is 30.7 Å². The summed E-state index contributed by atoms with van der Waals surface area (Å²) >= 11 is 0. The smallest absolute Gasteiger partial charge is 0.337 e. The lowest BCUT2D eigenvalue weighted by atomic mass is 10.2. The number of ether oxygens (including phenoxy) is 2. The molecule has 16 heavy (non-hydrogen) atoms. The molecule has 0 aliphatic heterocycles. The average molecular weight is 222 g/mol. The van der Waals surface area contributed by atoms with Crippen molar-refractivity contribution in [3.63, 3.8) is 0 Å². The second-order valence-electron chi connectivity index (χ2n) is 3.42. The Hall–Kier alpha value is -1.97. The second-order valence-corrected chi connectivity index (χ2v) is 3.42. The first-order chi connectivity index (χ1) is 7.54. The van der Waals surface area contributed by atoms with E-state index in [4.69, 9.17) is 4.74 Å². The van der Waals surface area contributed by atoms with Gasteiger partial charge in [-0.2, -0.15) is 0 Å². The predicted molar refractivity (Wildman–Crippen MR) is 59.8 cm³/mol. The van der Waals surface area contributed by atoms with Gasteiger partial charge in [0.15, 0.2) is 11.5 Å². The van der Waals surface area contributed by atoms with E-state index in [0.29, 0.717) is 5.56 Å². The standard InChI is InChI=1S/C12H14O4/c1-8(2)7-16-11-6-9(12(14)15-3)4-5-10(11)13/h4-6,13H,1,7H2,2-3H3. The van der Waals surface area contributed by atoms with E-state index in [1.54, 1.807) is 6.92 Å². The molecule has 0 saturated carbocycles. The molecule has 0 heterocycles. The van der Waals surface area contributed by atoms with Crippen LogP contribution in [-0.4, -0.2) is 24.8 Å². The van der Waals surface area contributed by atoms with E-state index in [9.17, 15) is 9.90 Å². The molecule has 86 valence electrons. The quantitative estimate of drug-likeness (QED) is 0.626. The Morgan fingerprint density at radius 2 is 2.19 bits per heavy atom. The fraction of sp³-hybridized carbons (Fsp3) is 0.250. The van der Waals surface area contributed by atoms with Crippen molar-refractivity contribution in [2.75, 3.05) is 13.7 Å². The van der Waals surface area contributed by atoms with Crippen LogP contribution in [0.5, 0.6) is 11.5 Å². The molecule has 0 bridgehead atoms. The number of phenols is 1. The maximum atomic E-state index is 11.2. The molecule has 0 spiro atoms. The SMILES string of the molecule is C=C(C)COc1cc(C(=O)OC)ccc1O. The molecule has 1 aromatic rings. The predicted octanol–water partition coefficient (Wildman–Crippen LogP) is 2.13. The van der Waals surface area contributed by atoms with Crippen molar-refractivity contribution in [3.05, 3.63) is 35.9 Å². The van der Waals surface area contributed by atoms with E-state index in [1.807, 2.05) is 0 Å². The zero-order valence-electron chi connectivity index (χ0n) is 9.32. The molecule has 0 fully saturated rings. The van der Waals surface area contributed by atoms with Crippen molar-refractivity contribution in [1.82, 2.24) is 0 Å². The van der Waals surface area contributed by atoms with Gasteiger partial charge in [0.25, 0.3) is 0 Å². The molecule has 0 radical (unpaired) electrons. The number of hydrogen-bond acceptors (Lipinski definition) is 4. The lowest BCUT2D eigenvalue weighted by Gasteiger charge is -2.08. The molecule has 4 heteroatoms. The van der Waals surface area contributed by atoms with Crippen molar-refractivity contribution in [2.45, 2.75) is 6.92 Å². The van der Waals surface area contributed by atoms with Gasteiger partial charge in [0, 0.05) is 0 Å². The summed E-state index contributed by atoms with van der Waals surface area (Å²) in [6.07, 6.45) is 0. The van der Waals surface area contributed by atoms with Crippen LogP contribution in [0.1, 0.15) is 17.3 Å². The van der Waals surface area contributed by atoms with E-state index >= 15 is 0 Å². The summed E-state index contributed by atoms with van der Waals surface area (Å²) in [5.41, 5.74) is 1.15. The topological polar surface area (TPSA) is 55.8 Å². The van der Waals surface area contributed by atoms with Crippen molar-refractivity contribution < 1.29 is 19.4 Å². The van der Waals surface area contributed by atoms with E-state index in [1.165, 1.54) is 25.3 Å². The first-order valence-corrected chi connectivity index (χ1v) is 4.73. The molecule has 0 aliphatic carbocycles. The van der Waals surface area contributed by atoms with Crippen LogP contribution in [-0.2, 0) is 4.74 Å². The van der Waals surface area contributed by atoms with E-state index in [-0.39, 0.29) is 18.1 Å². The number of benzene rings is 1. The normalized spacial score (nSPS) is 9.62. The van der Waals surface area contributed by atoms with Crippen molar-refractivity contribution >= 4 is 5.97 Å². The Balaban J connectivity index is 2.90. The molecular formula is C12H14O4. The van der Waals surface area contributed by atoms with Crippen LogP contribution in [0.15, 0.2) is 30.4 Å². The third-order valence-corrected chi connectivity index (χ3v) is 1.85. The van der Waals surface area contributed by atoms with E-state index in [2.05, 4.69) is 11.3 Å². The van der Waals surface area contributed by atoms with Crippen LogP contribution >= 0.6 is 0 Å². The van der Waals surface area contributed by atoms with Crippen LogP contribution in [0.4, 0.5) is 0 Å². The molecule has 4 nitrogen and oxygen atoms in total. The molecule has 0 amide bonds. The summed E-state index contributed by atoms with van der Waals surface area (Å²) in [6.45, 7) is 5.77. The molecule has 1 rings (SSSR count). The molecule has 1 aromatic carbocycles. The number of esters is 1. The van der Waals surface area contributed by atoms with Gasteiger partial charge in [-0.1, -0.05) is 6.58 Å². The van der Waals surface area contributed by atoms with Crippen LogP contribution in [0, 0.1) is 0 Å². The summed E-state index contributed by atoms with van der Waals surface area (Å²) < 4.78 is 9.84. The summed E-state index contributed by atoms with van der Waals surface area (Å²) in [5, 5.41) is 9.50. The number of hydrogen-bond donors (Lipinski definition) is 1. The average Bonchev–Trinajstić information content (AvgIpc) is 2.26. The Labute approximate surface area is 94.1 Å². The molecular weight excluding hydrogens is 208 g/mol. The summed E-state index contributed by atoms with van der Waals surface area (Å²) in [7, 11) is 1.30. The molecule has 0 unspecified atom stereocenters. The Morgan fingerprint density at radius 1 is 1.50 bits per heavy atom. The molecule has 0 saturated heterocycles. The van der Waals surface area contributed by atoms with Crippen LogP contribution in [0.2, 0.25) is 0 Å². The number of carbonyl (C=O) groups excluding carboxylic acids is 1. The Kier molecular flexibility index (Phi) is 3.94. The maximum absolute atomic E-state index is 11.2. The minimum Gasteiger partial charge on any atom is -0.504 e. The van der Waals surface area contributed by atoms with Crippen molar-refractivity contribution in [3.8, 4) is 11.5 Å². The van der Waals surface area contributed by atoms with Gasteiger partial charge in [0.2, 0.25) is 0 Å². The van der Waals surface area contributed by atoms with Crippen LogP contribution < -0.4 is 4.74 Å². The largest absolute Gasteiger partial charge is 0.504 e. The fourth-order valence-corrected chi connectivity index (χ4v) is 1.08. The highest BCUT2D eigenvalue weighted by Gasteiger charge is 2.10. The van der Waals surface area contributed by atoms with Crippen LogP contribution in [0.3, 0.4) is 0 Å². The number of rotatable bonds is 4.